The van der Waals surface area contributed by atoms with Crippen LogP contribution in [0.25, 0.3) is 27.7 Å². The summed E-state index contributed by atoms with van der Waals surface area (Å²) >= 11 is 6.17. The van der Waals surface area contributed by atoms with Crippen molar-refractivity contribution in [3.05, 3.63) is 58.3 Å². The van der Waals surface area contributed by atoms with Gasteiger partial charge in [0.1, 0.15) is 0 Å². The van der Waals surface area contributed by atoms with Crippen molar-refractivity contribution in [3.8, 4) is 0 Å². The van der Waals surface area contributed by atoms with Gasteiger partial charge in [0.25, 0.3) is 5.56 Å². The molecule has 0 saturated heterocycles. The minimum atomic E-state index is -0.411. The average molecular weight is 328 g/mol. The molecule has 23 heavy (non-hydrogen) atoms. The summed E-state index contributed by atoms with van der Waals surface area (Å²) in [6, 6.07) is 5.40. The van der Waals surface area contributed by atoms with Crippen LogP contribution in [0.4, 0.5) is 0 Å². The van der Waals surface area contributed by atoms with E-state index in [1.165, 1.54) is 6.39 Å². The Balaban J connectivity index is 2.22. The fourth-order valence-electron chi connectivity index (χ4n) is 2.96. The molecule has 1 aromatic carbocycles. The lowest BCUT2D eigenvalue weighted by Gasteiger charge is -2.32. The molecule has 3 heterocycles. The van der Waals surface area contributed by atoms with Gasteiger partial charge in [-0.15, -0.1) is 0 Å². The van der Waals surface area contributed by atoms with E-state index in [-0.39, 0.29) is 5.56 Å². The molecule has 0 atom stereocenters. The summed E-state index contributed by atoms with van der Waals surface area (Å²) < 4.78 is 7.08. The molecule has 0 radical (unpaired) electrons. The maximum absolute atomic E-state index is 13.0. The molecule has 1 aliphatic rings. The summed E-state index contributed by atoms with van der Waals surface area (Å²) in [6.45, 7) is 4.02. The highest BCUT2D eigenvalue weighted by Gasteiger charge is 2.28. The van der Waals surface area contributed by atoms with Gasteiger partial charge in [0, 0.05) is 10.4 Å². The van der Waals surface area contributed by atoms with Crippen LogP contribution in [0.3, 0.4) is 0 Å². The second-order valence-electron chi connectivity index (χ2n) is 6.01. The quantitative estimate of drug-likeness (QED) is 0.742. The van der Waals surface area contributed by atoms with E-state index < -0.39 is 5.54 Å². The van der Waals surface area contributed by atoms with E-state index in [0.717, 1.165) is 11.1 Å². The summed E-state index contributed by atoms with van der Waals surface area (Å²) in [4.78, 5) is 17.1. The molecular formula is C17H14ClN3O2. The number of dihydropyridines is 1. The van der Waals surface area contributed by atoms with Crippen LogP contribution in [0.15, 0.2) is 52.2 Å². The lowest BCUT2D eigenvalue weighted by atomic mass is 9.97. The van der Waals surface area contributed by atoms with E-state index in [2.05, 4.69) is 10.3 Å². The van der Waals surface area contributed by atoms with Crippen molar-refractivity contribution in [1.29, 1.82) is 0 Å². The van der Waals surface area contributed by atoms with Gasteiger partial charge in [-0.2, -0.15) is 0 Å². The highest BCUT2D eigenvalue weighted by molar-refractivity contribution is 6.31. The molecule has 0 fully saturated rings. The van der Waals surface area contributed by atoms with Gasteiger partial charge in [-0.05, 0) is 50.4 Å². The lowest BCUT2D eigenvalue weighted by Crippen LogP contribution is -2.42. The van der Waals surface area contributed by atoms with Crippen molar-refractivity contribution in [1.82, 2.24) is 14.9 Å². The molecule has 0 saturated carbocycles. The minimum absolute atomic E-state index is 0.222. The van der Waals surface area contributed by atoms with E-state index in [9.17, 15) is 4.79 Å². The van der Waals surface area contributed by atoms with Crippen LogP contribution in [0.5, 0.6) is 0 Å². The molecule has 0 bridgehead atoms. The third-order valence-electron chi connectivity index (χ3n) is 4.09. The number of nitrogens with zero attached hydrogens (tertiary/aromatic N) is 2. The van der Waals surface area contributed by atoms with Gasteiger partial charge in [-0.25, -0.2) is 4.98 Å². The van der Waals surface area contributed by atoms with Gasteiger partial charge in [-0.3, -0.25) is 9.36 Å². The molecule has 0 spiro atoms. The van der Waals surface area contributed by atoms with Crippen LogP contribution in [0.1, 0.15) is 13.8 Å². The molecule has 5 nitrogen and oxygen atoms in total. The first-order valence-corrected chi connectivity index (χ1v) is 7.60. The maximum atomic E-state index is 13.0. The van der Waals surface area contributed by atoms with E-state index in [4.69, 9.17) is 16.0 Å². The molecule has 4 rings (SSSR count). The summed E-state index contributed by atoms with van der Waals surface area (Å²) in [5.41, 5.74) is 1.68. The second-order valence-corrected chi connectivity index (χ2v) is 6.45. The first-order chi connectivity index (χ1) is 11.0. The van der Waals surface area contributed by atoms with Crippen molar-refractivity contribution in [2.45, 2.75) is 19.4 Å². The van der Waals surface area contributed by atoms with E-state index in [0.29, 0.717) is 21.6 Å². The number of halogens is 1. The Labute approximate surface area is 136 Å². The van der Waals surface area contributed by atoms with E-state index in [1.54, 1.807) is 16.7 Å². The van der Waals surface area contributed by atoms with Gasteiger partial charge >= 0.3 is 0 Å². The van der Waals surface area contributed by atoms with Crippen molar-refractivity contribution in [3.63, 3.8) is 0 Å². The highest BCUT2D eigenvalue weighted by Crippen LogP contribution is 2.30. The number of rotatable bonds is 1. The molecular weight excluding hydrogens is 314 g/mol. The first-order valence-electron chi connectivity index (χ1n) is 7.22. The zero-order valence-corrected chi connectivity index (χ0v) is 13.4. The Hall–Kier alpha value is -2.53. The average Bonchev–Trinajstić information content (AvgIpc) is 2.98. The van der Waals surface area contributed by atoms with Crippen LogP contribution in [-0.2, 0) is 0 Å². The summed E-state index contributed by atoms with van der Waals surface area (Å²) in [5, 5.41) is 4.63. The number of hydrogen-bond donors (Lipinski definition) is 1. The maximum Gasteiger partial charge on any atom is 0.285 e. The fraction of sp³-hybridized carbons (Fsp3) is 0.176. The van der Waals surface area contributed by atoms with Crippen LogP contribution >= 0.6 is 11.6 Å². The molecule has 0 amide bonds. The topological polar surface area (TPSA) is 60.1 Å². The normalized spacial score (nSPS) is 16.6. The minimum Gasteiger partial charge on any atom is -0.443 e. The predicted molar refractivity (Wildman–Crippen MR) is 91.4 cm³/mol. The third kappa shape index (κ3) is 2.00. The van der Waals surface area contributed by atoms with Crippen molar-refractivity contribution < 1.29 is 4.42 Å². The fourth-order valence-corrected chi connectivity index (χ4v) is 3.12. The largest absolute Gasteiger partial charge is 0.443 e. The van der Waals surface area contributed by atoms with Crippen LogP contribution in [0, 0.1) is 0 Å². The number of fused-ring (bicyclic) bond motifs is 3. The third-order valence-corrected chi connectivity index (χ3v) is 4.33. The Kier molecular flexibility index (Phi) is 2.90. The number of benzene rings is 1. The Morgan fingerprint density at radius 2 is 2.17 bits per heavy atom. The molecule has 0 unspecified atom stereocenters. The van der Waals surface area contributed by atoms with Gasteiger partial charge in [0.15, 0.2) is 17.5 Å². The number of aromatic nitrogens is 2. The predicted octanol–water partition coefficient (Wildman–Crippen LogP) is 3.53. The molecule has 1 aliphatic heterocycles. The molecule has 3 aromatic rings. The van der Waals surface area contributed by atoms with Crippen LogP contribution in [0.2, 0.25) is 5.02 Å². The smallest absolute Gasteiger partial charge is 0.285 e. The molecule has 0 aliphatic carbocycles. The van der Waals surface area contributed by atoms with Crippen molar-refractivity contribution in [2.75, 3.05) is 0 Å². The van der Waals surface area contributed by atoms with Gasteiger partial charge in [-0.1, -0.05) is 11.6 Å². The molecule has 2 aromatic heterocycles. The number of oxazole rings is 1. The highest BCUT2D eigenvalue weighted by atomic mass is 35.5. The van der Waals surface area contributed by atoms with Gasteiger partial charge in [0.05, 0.1) is 16.8 Å². The summed E-state index contributed by atoms with van der Waals surface area (Å²) in [5.74, 6) is 0. The standard InChI is InChI=1S/C17H14ClN3O2/c1-17(2)13(4-3-7-20-17)21-12-8-10(18)5-6-11(12)15-14(16(21)22)19-9-23-15/h3-9,20H,1-2H3. The summed E-state index contributed by atoms with van der Waals surface area (Å²) in [7, 11) is 0. The van der Waals surface area contributed by atoms with E-state index >= 15 is 0 Å². The second kappa shape index (κ2) is 4.73. The Morgan fingerprint density at radius 1 is 1.35 bits per heavy atom. The van der Waals surface area contributed by atoms with Crippen molar-refractivity contribution >= 4 is 39.3 Å². The Morgan fingerprint density at radius 3 is 2.96 bits per heavy atom. The van der Waals surface area contributed by atoms with Gasteiger partial charge in [0.2, 0.25) is 0 Å². The molecule has 1 N–H and O–H groups in total. The van der Waals surface area contributed by atoms with Crippen LogP contribution < -0.4 is 10.9 Å². The SMILES string of the molecule is CC1(C)NC=CC=C1n1c(=O)c2ncoc2c2ccc(Cl)cc21. The number of pyridine rings is 1. The Bertz CT molecular complexity index is 1060. The zero-order chi connectivity index (χ0) is 16.2. The van der Waals surface area contributed by atoms with E-state index in [1.807, 2.05) is 38.3 Å². The van der Waals surface area contributed by atoms with Gasteiger partial charge < -0.3 is 9.73 Å². The molecule has 6 heteroatoms. The summed E-state index contributed by atoms with van der Waals surface area (Å²) in [6.07, 6.45) is 6.95. The number of nitrogens with one attached hydrogen (secondary N) is 1. The number of allylic oxidation sites excluding steroid dienone is 2. The number of hydrogen-bond acceptors (Lipinski definition) is 4. The molecule has 116 valence electrons. The monoisotopic (exact) mass is 327 g/mol. The lowest BCUT2D eigenvalue weighted by molar-refractivity contribution is 0.543. The van der Waals surface area contributed by atoms with Crippen LogP contribution in [-0.4, -0.2) is 15.1 Å². The zero-order valence-electron chi connectivity index (χ0n) is 12.6. The first kappa shape index (κ1) is 14.1. The van der Waals surface area contributed by atoms with Crippen molar-refractivity contribution in [2.24, 2.45) is 0 Å².